The van der Waals surface area contributed by atoms with E-state index in [0.717, 1.165) is 35.6 Å². The fraction of sp³-hybridized carbons (Fsp3) is 0.568. The number of hydrogen-bond donors (Lipinski definition) is 1. The number of ether oxygens (including phenoxy) is 2. The molecule has 0 atom stereocenters. The Hall–Kier alpha value is -2.86. The van der Waals surface area contributed by atoms with Gasteiger partial charge in [-0.3, -0.25) is 4.79 Å². The van der Waals surface area contributed by atoms with Crippen LogP contribution in [0.1, 0.15) is 121 Å². The second-order valence-corrected chi connectivity index (χ2v) is 13.9. The van der Waals surface area contributed by atoms with Gasteiger partial charge in [-0.1, -0.05) is 128 Å². The van der Waals surface area contributed by atoms with Gasteiger partial charge in [0.1, 0.15) is 11.5 Å². The highest BCUT2D eigenvalue weighted by atomic mass is 32.1. The highest BCUT2D eigenvalue weighted by Crippen LogP contribution is 2.34. The van der Waals surface area contributed by atoms with Gasteiger partial charge in [0, 0.05) is 11.1 Å². The molecule has 0 saturated carbocycles. The minimum Gasteiger partial charge on any atom is -0.493 e. The van der Waals surface area contributed by atoms with E-state index in [9.17, 15) is 4.79 Å². The van der Waals surface area contributed by atoms with Crippen molar-refractivity contribution in [2.45, 2.75) is 124 Å². The van der Waals surface area contributed by atoms with Crippen LogP contribution in [0.4, 0.5) is 5.69 Å². The molecule has 236 valence electrons. The van der Waals surface area contributed by atoms with Crippen molar-refractivity contribution < 1.29 is 18.8 Å². The van der Waals surface area contributed by atoms with E-state index >= 15 is 0 Å². The first-order valence-electron chi connectivity index (χ1n) is 16.5. The molecule has 0 radical (unpaired) electrons. The molecule has 1 amide bonds. The highest BCUT2D eigenvalue weighted by molar-refractivity contribution is 7.09. The largest absolute Gasteiger partial charge is 0.493 e. The maximum atomic E-state index is 12.8. The lowest BCUT2D eigenvalue weighted by Gasteiger charge is -2.24. The molecule has 3 rings (SSSR count). The Morgan fingerprint density at radius 2 is 1.51 bits per heavy atom. The Labute approximate surface area is 265 Å². The molecule has 0 fully saturated rings. The van der Waals surface area contributed by atoms with Crippen molar-refractivity contribution in [3.63, 3.8) is 0 Å². The van der Waals surface area contributed by atoms with Crippen molar-refractivity contribution >= 4 is 22.9 Å². The first-order chi connectivity index (χ1) is 20.8. The molecule has 5 nitrogen and oxygen atoms in total. The quantitative estimate of drug-likeness (QED) is 0.103. The summed E-state index contributed by atoms with van der Waals surface area (Å²) in [5, 5.41) is 3.03. The molecule has 0 aliphatic rings. The van der Waals surface area contributed by atoms with Gasteiger partial charge in [-0.25, -0.2) is 0 Å². The van der Waals surface area contributed by atoms with E-state index in [2.05, 4.69) is 56.2 Å². The van der Waals surface area contributed by atoms with E-state index in [1.165, 1.54) is 75.5 Å². The maximum Gasteiger partial charge on any atom is 0.262 e. The molecular formula is C37H55N2O3S+. The summed E-state index contributed by atoms with van der Waals surface area (Å²) in [7, 11) is 0. The summed E-state index contributed by atoms with van der Waals surface area (Å²) in [5.41, 5.74) is 4.95. The van der Waals surface area contributed by atoms with Crippen molar-refractivity contribution in [1.29, 1.82) is 0 Å². The molecule has 0 bridgehead atoms. The maximum absolute atomic E-state index is 12.8. The molecule has 0 spiro atoms. The lowest BCUT2D eigenvalue weighted by atomic mass is 9.86. The van der Waals surface area contributed by atoms with E-state index < -0.39 is 0 Å². The SMILES string of the molecule is CCCCCCCCCCCCCCOc1ccc(OCC(=O)Nc2ccccc2C[n+]2csc(C)c2)cc1C(C)(C)C. The minimum absolute atomic E-state index is 0.0539. The zero-order valence-electron chi connectivity index (χ0n) is 27.4. The molecule has 1 aromatic heterocycles. The van der Waals surface area contributed by atoms with Crippen LogP contribution < -0.4 is 19.4 Å². The molecule has 2 aromatic carbocycles. The topological polar surface area (TPSA) is 51.4 Å². The Kier molecular flexibility index (Phi) is 15.1. The van der Waals surface area contributed by atoms with Gasteiger partial charge in [-0.15, -0.1) is 0 Å². The number of unbranched alkanes of at least 4 members (excludes halogenated alkanes) is 11. The summed E-state index contributed by atoms with van der Waals surface area (Å²) in [4.78, 5) is 14.1. The smallest absolute Gasteiger partial charge is 0.262 e. The number of rotatable bonds is 20. The van der Waals surface area contributed by atoms with Crippen molar-refractivity contribution in [3.8, 4) is 11.5 Å². The van der Waals surface area contributed by atoms with Gasteiger partial charge in [0.15, 0.2) is 19.3 Å². The fourth-order valence-corrected chi connectivity index (χ4v) is 5.91. The Balaban J connectivity index is 1.41. The Morgan fingerprint density at radius 3 is 2.14 bits per heavy atom. The van der Waals surface area contributed by atoms with Gasteiger partial charge >= 0.3 is 0 Å². The number of nitrogens with one attached hydrogen (secondary N) is 1. The van der Waals surface area contributed by atoms with Crippen LogP contribution >= 0.6 is 11.3 Å². The number of thiazole rings is 1. The molecule has 6 heteroatoms. The zero-order chi connectivity index (χ0) is 30.9. The number of aryl methyl sites for hydroxylation is 1. The van der Waals surface area contributed by atoms with Crippen LogP contribution in [0, 0.1) is 6.92 Å². The van der Waals surface area contributed by atoms with Crippen molar-refractivity contribution in [3.05, 3.63) is 70.2 Å². The third-order valence-electron chi connectivity index (χ3n) is 7.75. The molecule has 3 aromatic rings. The van der Waals surface area contributed by atoms with Crippen LogP contribution in [0.5, 0.6) is 11.5 Å². The van der Waals surface area contributed by atoms with Crippen LogP contribution in [0.3, 0.4) is 0 Å². The number of anilines is 1. The standard InChI is InChI=1S/C37H54N2O3S/c1-6-7-8-9-10-11-12-13-14-15-16-19-24-41-35-23-22-32(25-33(35)37(3,4)5)42-28-36(40)38-34-21-18-17-20-31(34)27-39-26-30(2)43-29-39/h17-18,20-23,25-26,29H,6-16,19,24,27-28H2,1-5H3/p+1. The highest BCUT2D eigenvalue weighted by Gasteiger charge is 2.20. The monoisotopic (exact) mass is 607 g/mol. The van der Waals surface area contributed by atoms with Crippen LogP contribution in [-0.4, -0.2) is 19.1 Å². The van der Waals surface area contributed by atoms with Gasteiger partial charge in [0.05, 0.1) is 17.2 Å². The second kappa shape index (κ2) is 18.7. The van der Waals surface area contributed by atoms with Crippen molar-refractivity contribution in [2.24, 2.45) is 0 Å². The average molecular weight is 608 g/mol. The molecule has 1 heterocycles. The summed E-state index contributed by atoms with van der Waals surface area (Å²) < 4.78 is 14.3. The van der Waals surface area contributed by atoms with Crippen molar-refractivity contribution in [2.75, 3.05) is 18.5 Å². The number of benzene rings is 2. The summed E-state index contributed by atoms with van der Waals surface area (Å²) in [6.45, 7) is 12.3. The number of para-hydroxylation sites is 1. The Morgan fingerprint density at radius 1 is 0.860 bits per heavy atom. The average Bonchev–Trinajstić information content (AvgIpc) is 3.39. The summed E-state index contributed by atoms with van der Waals surface area (Å²) in [6.07, 6.45) is 18.1. The summed E-state index contributed by atoms with van der Waals surface area (Å²) in [6, 6.07) is 13.8. The normalized spacial score (nSPS) is 11.5. The van der Waals surface area contributed by atoms with Crippen LogP contribution in [0.25, 0.3) is 0 Å². The van der Waals surface area contributed by atoms with E-state index in [-0.39, 0.29) is 17.9 Å². The molecule has 0 unspecified atom stereocenters. The first-order valence-corrected chi connectivity index (χ1v) is 17.4. The Bertz CT molecular complexity index is 1230. The summed E-state index contributed by atoms with van der Waals surface area (Å²) in [5.74, 6) is 1.40. The van der Waals surface area contributed by atoms with Crippen LogP contribution in [0.2, 0.25) is 0 Å². The molecule has 1 N–H and O–H groups in total. The van der Waals surface area contributed by atoms with Gasteiger partial charge in [-0.2, -0.15) is 4.57 Å². The molecular weight excluding hydrogens is 552 g/mol. The molecule has 0 saturated heterocycles. The second-order valence-electron chi connectivity index (χ2n) is 12.8. The number of nitrogens with zero attached hydrogens (tertiary/aromatic N) is 1. The van der Waals surface area contributed by atoms with Crippen LogP contribution in [0.15, 0.2) is 54.2 Å². The minimum atomic E-state index is -0.177. The lowest BCUT2D eigenvalue weighted by molar-refractivity contribution is -0.683. The van der Waals surface area contributed by atoms with Gasteiger partial charge in [-0.05, 0) is 43.0 Å². The number of hydrogen-bond acceptors (Lipinski definition) is 4. The third-order valence-corrected chi connectivity index (χ3v) is 8.60. The lowest BCUT2D eigenvalue weighted by Crippen LogP contribution is -2.31. The van der Waals surface area contributed by atoms with Gasteiger partial charge in [0.25, 0.3) is 5.91 Å². The fourth-order valence-electron chi connectivity index (χ4n) is 5.28. The molecule has 0 aliphatic carbocycles. The first kappa shape index (κ1) is 34.6. The predicted octanol–water partition coefficient (Wildman–Crippen LogP) is 9.79. The van der Waals surface area contributed by atoms with Gasteiger partial charge in [0.2, 0.25) is 5.51 Å². The number of amides is 1. The van der Waals surface area contributed by atoms with E-state index in [1.54, 1.807) is 11.3 Å². The summed E-state index contributed by atoms with van der Waals surface area (Å²) >= 11 is 1.71. The number of aromatic nitrogens is 1. The van der Waals surface area contributed by atoms with E-state index in [0.29, 0.717) is 12.3 Å². The van der Waals surface area contributed by atoms with E-state index in [1.807, 2.05) is 42.5 Å². The molecule has 43 heavy (non-hydrogen) atoms. The zero-order valence-corrected chi connectivity index (χ0v) is 28.2. The number of carbonyl (C=O) groups excluding carboxylic acids is 1. The number of carbonyl (C=O) groups is 1. The van der Waals surface area contributed by atoms with Gasteiger partial charge < -0.3 is 14.8 Å². The van der Waals surface area contributed by atoms with Crippen molar-refractivity contribution in [1.82, 2.24) is 0 Å². The molecule has 0 aliphatic heterocycles. The predicted molar refractivity (Wildman–Crippen MR) is 181 cm³/mol. The van der Waals surface area contributed by atoms with Crippen LogP contribution in [-0.2, 0) is 16.8 Å². The third kappa shape index (κ3) is 13.1. The van der Waals surface area contributed by atoms with E-state index in [4.69, 9.17) is 9.47 Å².